The molecule has 6 rings (SSSR count). The number of allylic oxidation sites excluding steroid dienone is 4. The number of carbonyl (C=O) groups is 2. The average molecular weight is 519 g/mol. The Morgan fingerprint density at radius 1 is 1.30 bits per heavy atom. The highest BCUT2D eigenvalue weighted by Gasteiger charge is 2.43. The number of hydrogen-bond acceptors (Lipinski definition) is 8. The van der Waals surface area contributed by atoms with Gasteiger partial charge in [0.25, 0.3) is 0 Å². The molecule has 0 amide bonds. The highest BCUT2D eigenvalue weighted by molar-refractivity contribution is 8.13. The van der Waals surface area contributed by atoms with Crippen LogP contribution in [0.5, 0.6) is 0 Å². The van der Waals surface area contributed by atoms with Crippen molar-refractivity contribution in [1.82, 2.24) is 10.3 Å². The number of aromatic amines is 1. The number of rotatable bonds is 4. The van der Waals surface area contributed by atoms with Crippen molar-refractivity contribution >= 4 is 34.4 Å². The fourth-order valence-electron chi connectivity index (χ4n) is 5.62. The normalized spacial score (nSPS) is 25.4. The van der Waals surface area contributed by atoms with Crippen molar-refractivity contribution < 1.29 is 18.7 Å². The first-order chi connectivity index (χ1) is 17.7. The molecule has 192 valence electrons. The third kappa shape index (κ3) is 4.25. The summed E-state index contributed by atoms with van der Waals surface area (Å²) >= 11 is 1.44. The predicted molar refractivity (Wildman–Crippen MR) is 143 cm³/mol. The van der Waals surface area contributed by atoms with E-state index in [9.17, 15) is 9.59 Å². The second-order valence-corrected chi connectivity index (χ2v) is 11.7. The molecule has 0 saturated heterocycles. The van der Waals surface area contributed by atoms with E-state index in [0.717, 1.165) is 16.4 Å². The molecule has 3 unspecified atom stereocenters. The molecular formula is C28H30N4O4S. The maximum atomic E-state index is 13.4. The topological polar surface area (TPSA) is 109 Å². The average Bonchev–Trinajstić information content (AvgIpc) is 3.55. The van der Waals surface area contributed by atoms with Crippen LogP contribution < -0.4 is 10.6 Å². The molecule has 2 aliphatic heterocycles. The van der Waals surface area contributed by atoms with Crippen molar-refractivity contribution in [2.45, 2.75) is 63.6 Å². The Bertz CT molecular complexity index is 1420. The van der Waals surface area contributed by atoms with Crippen molar-refractivity contribution in [1.29, 1.82) is 0 Å². The van der Waals surface area contributed by atoms with Crippen molar-refractivity contribution in [3.63, 3.8) is 0 Å². The number of ether oxygens (including phenoxy) is 1. The Morgan fingerprint density at radius 3 is 2.95 bits per heavy atom. The van der Waals surface area contributed by atoms with Gasteiger partial charge < -0.3 is 24.8 Å². The third-order valence-corrected chi connectivity index (χ3v) is 8.03. The van der Waals surface area contributed by atoms with Gasteiger partial charge in [0.15, 0.2) is 16.0 Å². The molecule has 8 nitrogen and oxygen atoms in total. The molecule has 0 fully saturated rings. The molecule has 3 atom stereocenters. The summed E-state index contributed by atoms with van der Waals surface area (Å²) in [5, 5.41) is 8.37. The number of anilines is 1. The van der Waals surface area contributed by atoms with Gasteiger partial charge in [0.05, 0.1) is 30.3 Å². The first-order valence-corrected chi connectivity index (χ1v) is 13.4. The van der Waals surface area contributed by atoms with Crippen LogP contribution in [0.3, 0.4) is 0 Å². The lowest BCUT2D eigenvalue weighted by atomic mass is 9.70. The number of esters is 1. The molecule has 4 heterocycles. The molecule has 9 heteroatoms. The fourth-order valence-corrected chi connectivity index (χ4v) is 6.45. The number of fused-ring (bicyclic) bond motifs is 2. The molecular weight excluding hydrogens is 488 g/mol. The Hall–Kier alpha value is -3.46. The van der Waals surface area contributed by atoms with Crippen LogP contribution in [0.1, 0.15) is 68.3 Å². The monoisotopic (exact) mass is 518 g/mol. The number of carbonyl (C=O) groups excluding carboxylic acids is 2. The van der Waals surface area contributed by atoms with Crippen molar-refractivity contribution in [2.75, 3.05) is 11.9 Å². The number of nitrogens with one attached hydrogen (secondary N) is 3. The molecule has 37 heavy (non-hydrogen) atoms. The Kier molecular flexibility index (Phi) is 5.71. The molecule has 0 saturated carbocycles. The van der Waals surface area contributed by atoms with Gasteiger partial charge >= 0.3 is 5.97 Å². The molecule has 2 aliphatic carbocycles. The van der Waals surface area contributed by atoms with Crippen LogP contribution in [0.4, 0.5) is 5.69 Å². The summed E-state index contributed by atoms with van der Waals surface area (Å²) in [6.45, 7) is 8.31. The number of nitrogens with zero attached hydrogens (tertiary/aromatic N) is 1. The minimum absolute atomic E-state index is 0.0877. The van der Waals surface area contributed by atoms with E-state index in [2.05, 4.69) is 54.6 Å². The number of H-pyrrole nitrogens is 1. The lowest BCUT2D eigenvalue weighted by Gasteiger charge is -2.38. The minimum Gasteiger partial charge on any atom is -0.461 e. The van der Waals surface area contributed by atoms with Gasteiger partial charge in [-0.15, -0.1) is 0 Å². The van der Waals surface area contributed by atoms with Crippen LogP contribution in [0, 0.1) is 5.41 Å². The summed E-state index contributed by atoms with van der Waals surface area (Å²) in [4.78, 5) is 34.0. The van der Waals surface area contributed by atoms with Gasteiger partial charge in [-0.25, -0.2) is 4.79 Å². The van der Waals surface area contributed by atoms with Crippen molar-refractivity contribution in [3.8, 4) is 0 Å². The summed E-state index contributed by atoms with van der Waals surface area (Å²) in [7, 11) is 0. The maximum absolute atomic E-state index is 13.4. The summed E-state index contributed by atoms with van der Waals surface area (Å²) in [6.07, 6.45) is 9.32. The number of thioether (sulfide) groups is 1. The van der Waals surface area contributed by atoms with Gasteiger partial charge in [0.2, 0.25) is 0 Å². The highest BCUT2D eigenvalue weighted by atomic mass is 32.2. The fraction of sp³-hybridized carbons (Fsp3) is 0.393. The molecule has 0 bridgehead atoms. The largest absolute Gasteiger partial charge is 0.461 e. The van der Waals surface area contributed by atoms with Gasteiger partial charge in [-0.2, -0.15) is 0 Å². The summed E-state index contributed by atoms with van der Waals surface area (Å²) < 4.78 is 11.6. The van der Waals surface area contributed by atoms with E-state index in [-0.39, 0.29) is 29.9 Å². The van der Waals surface area contributed by atoms with E-state index >= 15 is 0 Å². The predicted octanol–water partition coefficient (Wildman–Crippen LogP) is 5.29. The Balaban J connectivity index is 1.35. The van der Waals surface area contributed by atoms with Crippen LogP contribution in [0.25, 0.3) is 0 Å². The van der Waals surface area contributed by atoms with E-state index in [4.69, 9.17) is 14.1 Å². The molecule has 0 aromatic carbocycles. The minimum atomic E-state index is -0.429. The van der Waals surface area contributed by atoms with Crippen LogP contribution in [-0.2, 0) is 9.53 Å². The molecule has 4 aliphatic rings. The first kappa shape index (κ1) is 23.9. The van der Waals surface area contributed by atoms with Crippen molar-refractivity contribution in [3.05, 3.63) is 70.4 Å². The molecule has 2 aromatic rings. The lowest BCUT2D eigenvalue weighted by molar-refractivity contribution is -0.118. The van der Waals surface area contributed by atoms with E-state index in [1.807, 2.05) is 12.1 Å². The van der Waals surface area contributed by atoms with Gasteiger partial charge in [0, 0.05) is 29.5 Å². The Morgan fingerprint density at radius 2 is 2.14 bits per heavy atom. The molecule has 3 N–H and O–H groups in total. The SMILES string of the molecule is CCOC(=O)c1[nH]cc2c1NC1=C(C(=O)CC(C)(C)C1)C2c1ccc(SC2=NC3C=CC(C)=CC3N2)o1. The van der Waals surface area contributed by atoms with Gasteiger partial charge in [-0.1, -0.05) is 37.6 Å². The summed E-state index contributed by atoms with van der Waals surface area (Å²) in [5.74, 6) is -0.0925. The summed E-state index contributed by atoms with van der Waals surface area (Å²) in [6, 6.07) is 4.08. The highest BCUT2D eigenvalue weighted by Crippen LogP contribution is 2.50. The number of aliphatic imine (C=N–C) groups is 1. The van der Waals surface area contributed by atoms with Gasteiger partial charge in [-0.3, -0.25) is 9.79 Å². The van der Waals surface area contributed by atoms with E-state index < -0.39 is 11.9 Å². The molecule has 0 radical (unpaired) electrons. The molecule has 2 aromatic heterocycles. The maximum Gasteiger partial charge on any atom is 0.356 e. The molecule has 0 spiro atoms. The zero-order valence-corrected chi connectivity index (χ0v) is 22.1. The smallest absolute Gasteiger partial charge is 0.356 e. The number of hydrogen-bond donors (Lipinski definition) is 3. The quantitative estimate of drug-likeness (QED) is 0.472. The van der Waals surface area contributed by atoms with Gasteiger partial charge in [0.1, 0.15) is 11.5 Å². The van der Waals surface area contributed by atoms with Crippen LogP contribution in [-0.4, -0.2) is 40.6 Å². The number of amidine groups is 1. The number of Topliss-reactive ketones (excluding diaryl/α,β-unsaturated/α-hetero) is 1. The number of aromatic nitrogens is 1. The van der Waals surface area contributed by atoms with Crippen molar-refractivity contribution in [2.24, 2.45) is 10.4 Å². The number of ketones is 1. The second kappa shape index (κ2) is 8.83. The zero-order valence-electron chi connectivity index (χ0n) is 21.3. The first-order valence-electron chi connectivity index (χ1n) is 12.6. The third-order valence-electron chi connectivity index (χ3n) is 7.19. The standard InChI is InChI=1S/C28H30N4O4S/c1-5-35-26(34)25-24-15(13-29-25)22(23-18(30-24)11-28(3,4)12-19(23)33)20-8-9-21(36-20)37-27-31-16-7-6-14(2)10-17(16)32-27/h6-10,13,16-17,22,29-30H,5,11-12H2,1-4H3,(H,31,32). The lowest BCUT2D eigenvalue weighted by Crippen LogP contribution is -2.33. The van der Waals surface area contributed by atoms with E-state index in [1.54, 1.807) is 13.1 Å². The number of furan rings is 1. The van der Waals surface area contributed by atoms with Crippen LogP contribution >= 0.6 is 11.8 Å². The summed E-state index contributed by atoms with van der Waals surface area (Å²) in [5.41, 5.74) is 4.39. The van der Waals surface area contributed by atoms with E-state index in [0.29, 0.717) is 40.6 Å². The second-order valence-electron chi connectivity index (χ2n) is 10.7. The van der Waals surface area contributed by atoms with Crippen LogP contribution in [0.2, 0.25) is 0 Å². The Labute approximate surface area is 219 Å². The van der Waals surface area contributed by atoms with Gasteiger partial charge in [-0.05, 0) is 49.6 Å². The van der Waals surface area contributed by atoms with Crippen LogP contribution in [0.15, 0.2) is 67.9 Å². The van der Waals surface area contributed by atoms with E-state index in [1.165, 1.54) is 17.3 Å². The zero-order chi connectivity index (χ0) is 25.9.